The lowest BCUT2D eigenvalue weighted by molar-refractivity contribution is -0.383. The fraction of sp³-hybridized carbons (Fsp3) is 0.111. The molecule has 0 atom stereocenters. The van der Waals surface area contributed by atoms with Crippen LogP contribution in [0.4, 0.5) is 11.4 Å². The fourth-order valence-electron chi connectivity index (χ4n) is 4.05. The van der Waals surface area contributed by atoms with Crippen molar-refractivity contribution in [3.05, 3.63) is 95.0 Å². The molecular weight excluding hydrogens is 488 g/mol. The van der Waals surface area contributed by atoms with Crippen LogP contribution in [0.1, 0.15) is 6.92 Å². The van der Waals surface area contributed by atoms with Crippen LogP contribution < -0.4 is 5.32 Å². The number of para-hydroxylation sites is 3. The normalized spacial score (nSPS) is 10.9. The van der Waals surface area contributed by atoms with E-state index in [2.05, 4.69) is 15.5 Å². The van der Waals surface area contributed by atoms with E-state index >= 15 is 0 Å². The van der Waals surface area contributed by atoms with Gasteiger partial charge in [-0.15, -0.1) is 10.2 Å². The SMILES string of the molecule is CCn1c(SCC(=O)Nc2ccccc2[N+](=O)[O-])nnc1-c1cc(-c2ccccc2)nc2ccccc12. The zero-order valence-corrected chi connectivity index (χ0v) is 20.7. The molecule has 2 heterocycles. The van der Waals surface area contributed by atoms with Crippen LogP contribution in [0, 0.1) is 10.1 Å². The Bertz CT molecular complexity index is 1600. The second-order valence-electron chi connectivity index (χ2n) is 8.10. The van der Waals surface area contributed by atoms with E-state index in [-0.39, 0.29) is 23.0 Å². The molecule has 0 spiro atoms. The third-order valence-corrected chi connectivity index (χ3v) is 6.73. The van der Waals surface area contributed by atoms with Gasteiger partial charge in [-0.25, -0.2) is 4.98 Å². The molecule has 0 aliphatic rings. The maximum absolute atomic E-state index is 12.6. The van der Waals surface area contributed by atoms with Gasteiger partial charge in [-0.1, -0.05) is 72.4 Å². The molecule has 0 aliphatic heterocycles. The number of nitro groups is 1. The number of carbonyl (C=O) groups excluding carboxylic acids is 1. The zero-order chi connectivity index (χ0) is 25.8. The Balaban J connectivity index is 1.44. The number of thioether (sulfide) groups is 1. The van der Waals surface area contributed by atoms with E-state index in [1.807, 2.05) is 72.2 Å². The number of pyridine rings is 1. The van der Waals surface area contributed by atoms with Crippen molar-refractivity contribution < 1.29 is 9.72 Å². The Hall–Kier alpha value is -4.57. The Morgan fingerprint density at radius 2 is 1.73 bits per heavy atom. The lowest BCUT2D eigenvalue weighted by Crippen LogP contribution is -2.15. The van der Waals surface area contributed by atoms with Gasteiger partial charge in [0.05, 0.1) is 21.9 Å². The monoisotopic (exact) mass is 510 g/mol. The van der Waals surface area contributed by atoms with Crippen LogP contribution in [0.5, 0.6) is 0 Å². The van der Waals surface area contributed by atoms with Gasteiger partial charge in [0.2, 0.25) is 5.91 Å². The van der Waals surface area contributed by atoms with Crippen molar-refractivity contribution in [3.63, 3.8) is 0 Å². The molecule has 0 fully saturated rings. The van der Waals surface area contributed by atoms with Crippen molar-refractivity contribution in [2.75, 3.05) is 11.1 Å². The molecule has 5 rings (SSSR count). The van der Waals surface area contributed by atoms with E-state index in [0.717, 1.165) is 27.7 Å². The molecular formula is C27H22N6O3S. The quantitative estimate of drug-likeness (QED) is 0.159. The minimum absolute atomic E-state index is 0.0243. The molecule has 0 aliphatic carbocycles. The Morgan fingerprint density at radius 1 is 1.00 bits per heavy atom. The molecule has 3 aromatic carbocycles. The maximum atomic E-state index is 12.6. The summed E-state index contributed by atoms with van der Waals surface area (Å²) in [4.78, 5) is 28.2. The molecule has 37 heavy (non-hydrogen) atoms. The second kappa shape index (κ2) is 10.6. The predicted molar refractivity (Wildman–Crippen MR) is 144 cm³/mol. The number of nitrogens with zero attached hydrogens (tertiary/aromatic N) is 5. The van der Waals surface area contributed by atoms with Gasteiger partial charge in [0, 0.05) is 29.1 Å². The topological polar surface area (TPSA) is 116 Å². The first-order chi connectivity index (χ1) is 18.0. The van der Waals surface area contributed by atoms with Gasteiger partial charge in [-0.05, 0) is 25.1 Å². The van der Waals surface area contributed by atoms with E-state index in [1.54, 1.807) is 12.1 Å². The van der Waals surface area contributed by atoms with E-state index < -0.39 is 4.92 Å². The first-order valence-corrected chi connectivity index (χ1v) is 12.6. The smallest absolute Gasteiger partial charge is 0.292 e. The maximum Gasteiger partial charge on any atom is 0.292 e. The van der Waals surface area contributed by atoms with Crippen LogP contribution in [0.25, 0.3) is 33.5 Å². The predicted octanol–water partition coefficient (Wildman–Crippen LogP) is 5.82. The number of fused-ring (bicyclic) bond motifs is 1. The van der Waals surface area contributed by atoms with Gasteiger partial charge < -0.3 is 9.88 Å². The van der Waals surface area contributed by atoms with Gasteiger partial charge in [0.1, 0.15) is 5.69 Å². The summed E-state index contributed by atoms with van der Waals surface area (Å²) in [6.45, 7) is 2.58. The van der Waals surface area contributed by atoms with Crippen LogP contribution in [-0.2, 0) is 11.3 Å². The number of carbonyl (C=O) groups is 1. The first kappa shape index (κ1) is 24.1. The summed E-state index contributed by atoms with van der Waals surface area (Å²) in [6.07, 6.45) is 0. The van der Waals surface area contributed by atoms with Crippen molar-refractivity contribution in [1.82, 2.24) is 19.7 Å². The van der Waals surface area contributed by atoms with Crippen molar-refractivity contribution in [2.24, 2.45) is 0 Å². The minimum atomic E-state index is -0.522. The van der Waals surface area contributed by atoms with Crippen molar-refractivity contribution in [1.29, 1.82) is 0 Å². The number of hydrogen-bond acceptors (Lipinski definition) is 7. The number of nitro benzene ring substituents is 1. The average Bonchev–Trinajstić information content (AvgIpc) is 3.34. The molecule has 184 valence electrons. The van der Waals surface area contributed by atoms with Gasteiger partial charge >= 0.3 is 0 Å². The molecule has 5 aromatic rings. The number of anilines is 1. The Kier molecular flexibility index (Phi) is 6.91. The molecule has 0 unspecified atom stereocenters. The Morgan fingerprint density at radius 3 is 2.51 bits per heavy atom. The van der Waals surface area contributed by atoms with E-state index in [4.69, 9.17) is 4.98 Å². The van der Waals surface area contributed by atoms with Crippen LogP contribution >= 0.6 is 11.8 Å². The van der Waals surface area contributed by atoms with E-state index in [1.165, 1.54) is 23.9 Å². The first-order valence-electron chi connectivity index (χ1n) is 11.6. The lowest BCUT2D eigenvalue weighted by atomic mass is 10.0. The summed E-state index contributed by atoms with van der Waals surface area (Å²) in [5.41, 5.74) is 3.58. The summed E-state index contributed by atoms with van der Waals surface area (Å²) in [5, 5.41) is 24.2. The highest BCUT2D eigenvalue weighted by molar-refractivity contribution is 7.99. The van der Waals surface area contributed by atoms with Crippen LogP contribution in [-0.4, -0.2) is 36.3 Å². The number of amides is 1. The molecule has 0 saturated heterocycles. The Labute approximate surface area is 216 Å². The number of rotatable bonds is 8. The van der Waals surface area contributed by atoms with Crippen LogP contribution in [0.2, 0.25) is 0 Å². The summed E-state index contributed by atoms with van der Waals surface area (Å²) in [6, 6.07) is 25.9. The minimum Gasteiger partial charge on any atom is -0.320 e. The molecule has 0 saturated carbocycles. The lowest BCUT2D eigenvalue weighted by Gasteiger charge is -2.12. The molecule has 1 amide bonds. The number of hydrogen-bond donors (Lipinski definition) is 1. The fourth-order valence-corrected chi connectivity index (χ4v) is 4.85. The summed E-state index contributed by atoms with van der Waals surface area (Å²) < 4.78 is 1.96. The third kappa shape index (κ3) is 5.05. The highest BCUT2D eigenvalue weighted by atomic mass is 32.2. The number of benzene rings is 3. The number of aromatic nitrogens is 4. The van der Waals surface area contributed by atoms with Gasteiger partial charge in [-0.2, -0.15) is 0 Å². The van der Waals surface area contributed by atoms with Gasteiger partial charge in [0.25, 0.3) is 5.69 Å². The highest BCUT2D eigenvalue weighted by Crippen LogP contribution is 2.33. The third-order valence-electron chi connectivity index (χ3n) is 5.77. The van der Waals surface area contributed by atoms with E-state index in [9.17, 15) is 14.9 Å². The molecule has 10 heteroatoms. The molecule has 2 aromatic heterocycles. The second-order valence-corrected chi connectivity index (χ2v) is 9.04. The van der Waals surface area contributed by atoms with Crippen molar-refractivity contribution in [3.8, 4) is 22.6 Å². The van der Waals surface area contributed by atoms with Gasteiger partial charge in [-0.3, -0.25) is 14.9 Å². The summed E-state index contributed by atoms with van der Waals surface area (Å²) in [7, 11) is 0. The summed E-state index contributed by atoms with van der Waals surface area (Å²) in [5.74, 6) is 0.336. The van der Waals surface area contributed by atoms with Crippen molar-refractivity contribution >= 4 is 39.9 Å². The zero-order valence-electron chi connectivity index (χ0n) is 19.9. The average molecular weight is 511 g/mol. The highest BCUT2D eigenvalue weighted by Gasteiger charge is 2.19. The van der Waals surface area contributed by atoms with Crippen LogP contribution in [0.3, 0.4) is 0 Å². The van der Waals surface area contributed by atoms with E-state index in [0.29, 0.717) is 17.5 Å². The molecule has 9 nitrogen and oxygen atoms in total. The molecule has 0 bridgehead atoms. The molecule has 0 radical (unpaired) electrons. The van der Waals surface area contributed by atoms with Gasteiger partial charge in [0.15, 0.2) is 11.0 Å². The summed E-state index contributed by atoms with van der Waals surface area (Å²) >= 11 is 1.23. The largest absolute Gasteiger partial charge is 0.320 e. The molecule has 1 N–H and O–H groups in total. The number of nitrogens with one attached hydrogen (secondary N) is 1. The standard InChI is InChI=1S/C27H22N6O3S/c1-2-32-26(20-16-23(18-10-4-3-5-11-18)28-21-13-7-6-12-19(20)21)30-31-27(32)37-17-25(34)29-22-14-8-9-15-24(22)33(35)36/h3-16H,2,17H2,1H3,(H,29,34). The van der Waals surface area contributed by atoms with Crippen LogP contribution in [0.15, 0.2) is 90.1 Å². The van der Waals surface area contributed by atoms with Crippen molar-refractivity contribution in [2.45, 2.75) is 18.6 Å².